The number of ether oxygens (including phenoxy) is 1. The highest BCUT2D eigenvalue weighted by molar-refractivity contribution is 7.86. The highest BCUT2D eigenvalue weighted by Crippen LogP contribution is 2.42. The van der Waals surface area contributed by atoms with Gasteiger partial charge in [0.05, 0.1) is 50.6 Å². The maximum atomic E-state index is 12.3. The molecule has 0 heterocycles. The van der Waals surface area contributed by atoms with E-state index in [2.05, 4.69) is 36.0 Å². The Kier molecular flexibility index (Phi) is 12.9. The van der Waals surface area contributed by atoms with Crippen molar-refractivity contribution in [3.05, 3.63) is 158 Å². The van der Waals surface area contributed by atoms with Crippen LogP contribution in [0.3, 0.4) is 0 Å². The molecule has 0 radical (unpaired) electrons. The molecule has 9 aromatic carbocycles. The predicted molar refractivity (Wildman–Crippen MR) is 266 cm³/mol. The summed E-state index contributed by atoms with van der Waals surface area (Å²) in [4.78, 5) is -0.858. The fourth-order valence-electron chi connectivity index (χ4n) is 7.58. The fourth-order valence-corrected chi connectivity index (χ4v) is 9.08. The van der Waals surface area contributed by atoms with Crippen LogP contribution in [0.2, 0.25) is 0 Å². The van der Waals surface area contributed by atoms with Gasteiger partial charge in [-0.25, -0.2) is 0 Å². The first-order valence-electron chi connectivity index (χ1n) is 21.0. The van der Waals surface area contributed by atoms with E-state index in [1.54, 1.807) is 60.7 Å². The smallest absolute Gasteiger partial charge is 0.294 e. The van der Waals surface area contributed by atoms with Gasteiger partial charge < -0.3 is 15.2 Å². The molecule has 9 aromatic rings. The van der Waals surface area contributed by atoms with Crippen molar-refractivity contribution in [1.29, 1.82) is 0 Å². The van der Waals surface area contributed by atoms with E-state index < -0.39 is 45.9 Å². The summed E-state index contributed by atoms with van der Waals surface area (Å²) in [6.07, 6.45) is 0.0699. The van der Waals surface area contributed by atoms with Gasteiger partial charge in [-0.2, -0.15) is 30.4 Å². The molecule has 352 valence electrons. The molecule has 0 amide bonds. The molecule has 0 aliphatic carbocycles. The zero-order chi connectivity index (χ0) is 49.2. The van der Waals surface area contributed by atoms with Crippen LogP contribution in [0.5, 0.6) is 11.5 Å². The number of azo groups is 3. The number of fused-ring (bicyclic) bond motifs is 4. The summed E-state index contributed by atoms with van der Waals surface area (Å²) >= 11 is 0. The van der Waals surface area contributed by atoms with Crippen LogP contribution in [-0.4, -0.2) is 56.4 Å². The molecule has 0 fully saturated rings. The molecule has 0 saturated carbocycles. The first-order valence-corrected chi connectivity index (χ1v) is 25.5. The molecule has 0 atom stereocenters. The molecule has 0 aliphatic heterocycles. The van der Waals surface area contributed by atoms with Crippen LogP contribution in [0, 0.1) is 0 Å². The predicted octanol–water partition coefficient (Wildman–Crippen LogP) is 13.1. The summed E-state index contributed by atoms with van der Waals surface area (Å²) < 4.78 is 106. The van der Waals surface area contributed by atoms with Gasteiger partial charge in [0.1, 0.15) is 11.4 Å². The van der Waals surface area contributed by atoms with Crippen LogP contribution in [0.25, 0.3) is 43.1 Å². The van der Waals surface area contributed by atoms with E-state index in [1.165, 1.54) is 48.5 Å². The number of phenols is 1. The maximum Gasteiger partial charge on any atom is 0.294 e. The van der Waals surface area contributed by atoms with Crippen LogP contribution in [-0.2, 0) is 30.4 Å². The van der Waals surface area contributed by atoms with E-state index in [0.717, 1.165) is 22.1 Å². The first kappa shape index (κ1) is 47.0. The average Bonchev–Trinajstić information content (AvgIpc) is 3.33. The van der Waals surface area contributed by atoms with Crippen LogP contribution < -0.4 is 10.1 Å². The van der Waals surface area contributed by atoms with Gasteiger partial charge in [0.25, 0.3) is 30.4 Å². The van der Waals surface area contributed by atoms with Gasteiger partial charge in [0.2, 0.25) is 0 Å². The molecule has 70 heavy (non-hydrogen) atoms. The zero-order valence-electron chi connectivity index (χ0n) is 36.2. The summed E-state index contributed by atoms with van der Waals surface area (Å²) in [5.74, 6) is -0.130. The third-order valence-electron chi connectivity index (χ3n) is 10.9. The number of nitrogens with zero attached hydrogens (tertiary/aromatic N) is 6. The van der Waals surface area contributed by atoms with Gasteiger partial charge in [-0.3, -0.25) is 13.7 Å². The highest BCUT2D eigenvalue weighted by Gasteiger charge is 2.17. The second kappa shape index (κ2) is 19.2. The fraction of sp³-hybridized carbons (Fsp3) is 0.0612. The summed E-state index contributed by atoms with van der Waals surface area (Å²) in [7, 11) is -13.5. The number of nitrogens with one attached hydrogen (secondary N) is 1. The second-order valence-corrected chi connectivity index (χ2v) is 20.1. The van der Waals surface area contributed by atoms with Crippen molar-refractivity contribution < 1.29 is 48.8 Å². The molecular formula is C49H37N7O11S3. The summed E-state index contributed by atoms with van der Waals surface area (Å²) in [5.41, 5.74) is 3.07. The Morgan fingerprint density at radius 2 is 0.986 bits per heavy atom. The molecule has 0 spiro atoms. The lowest BCUT2D eigenvalue weighted by molar-refractivity contribution is 0.319. The minimum Gasteiger partial charge on any atom is -0.505 e. The summed E-state index contributed by atoms with van der Waals surface area (Å²) in [6.45, 7) is 0.0311. The topological polar surface area (TPSA) is 279 Å². The Morgan fingerprint density at radius 1 is 0.443 bits per heavy atom. The number of phenolic OH excluding ortho intramolecular Hbond substituents is 1. The van der Waals surface area contributed by atoms with E-state index in [-0.39, 0.29) is 52.3 Å². The van der Waals surface area contributed by atoms with Crippen molar-refractivity contribution in [2.24, 2.45) is 30.7 Å². The molecule has 0 aliphatic rings. The number of hydrogen-bond acceptors (Lipinski definition) is 15. The van der Waals surface area contributed by atoms with Crippen molar-refractivity contribution in [3.63, 3.8) is 0 Å². The second-order valence-electron chi connectivity index (χ2n) is 15.7. The van der Waals surface area contributed by atoms with Gasteiger partial charge >= 0.3 is 0 Å². The third kappa shape index (κ3) is 10.6. The van der Waals surface area contributed by atoms with E-state index in [0.29, 0.717) is 38.7 Å². The molecule has 0 unspecified atom stereocenters. The van der Waals surface area contributed by atoms with Crippen LogP contribution in [0.1, 0.15) is 6.42 Å². The van der Waals surface area contributed by atoms with Crippen molar-refractivity contribution in [2.75, 3.05) is 17.7 Å². The van der Waals surface area contributed by atoms with Gasteiger partial charge in [-0.05, 0) is 120 Å². The van der Waals surface area contributed by atoms with Crippen molar-refractivity contribution >= 4 is 119 Å². The first-order chi connectivity index (χ1) is 33.5. The lowest BCUT2D eigenvalue weighted by atomic mass is 10.1. The number of anilines is 2. The van der Waals surface area contributed by atoms with Crippen molar-refractivity contribution in [3.8, 4) is 11.5 Å². The Hall–Kier alpha value is -8.05. The Balaban J connectivity index is 1.04. The zero-order valence-corrected chi connectivity index (χ0v) is 38.6. The lowest BCUT2D eigenvalue weighted by Crippen LogP contribution is -2.08. The maximum absolute atomic E-state index is 12.3. The monoisotopic (exact) mass is 995 g/mol. The number of hydrogen-bond donors (Lipinski definition) is 5. The molecule has 9 rings (SSSR count). The summed E-state index contributed by atoms with van der Waals surface area (Å²) in [6, 6.07) is 42.8. The minimum absolute atomic E-state index is 0.0311. The molecule has 0 bridgehead atoms. The van der Waals surface area contributed by atoms with Crippen molar-refractivity contribution in [1.82, 2.24) is 0 Å². The van der Waals surface area contributed by atoms with Crippen LogP contribution in [0.15, 0.2) is 198 Å². The third-order valence-corrected chi connectivity index (χ3v) is 13.5. The minimum atomic E-state index is -4.68. The molecule has 21 heteroatoms. The molecular weight excluding hydrogens is 959 g/mol. The molecule has 0 saturated heterocycles. The SMILES string of the molecule is O=S(=O)(O)CCCOc1cccc2ccc(N=Nc3ccc(N=Nc4ccc(N=Nc5ccc6cc(Nc7ccccc7)ccc6c5O)c5cc(S(=O)(=O)O)ccc45)c4cc(S(=O)(=O)O)ccc34)cc12. The Labute approximate surface area is 399 Å². The molecule has 18 nitrogen and oxygen atoms in total. The van der Waals surface area contributed by atoms with Gasteiger partial charge in [0.15, 0.2) is 5.75 Å². The van der Waals surface area contributed by atoms with E-state index in [9.17, 15) is 39.5 Å². The van der Waals surface area contributed by atoms with E-state index >= 15 is 0 Å². The summed E-state index contributed by atoms with van der Waals surface area (Å²) in [5, 5.41) is 44.8. The van der Waals surface area contributed by atoms with Crippen LogP contribution in [0.4, 0.5) is 45.5 Å². The number of rotatable bonds is 15. The van der Waals surface area contributed by atoms with E-state index in [4.69, 9.17) is 9.29 Å². The normalized spacial score (nSPS) is 12.6. The molecule has 0 aromatic heterocycles. The lowest BCUT2D eigenvalue weighted by Gasteiger charge is -2.10. The highest BCUT2D eigenvalue weighted by atomic mass is 32.2. The molecule has 5 N–H and O–H groups in total. The van der Waals surface area contributed by atoms with Gasteiger partial charge in [0, 0.05) is 43.7 Å². The van der Waals surface area contributed by atoms with Gasteiger partial charge in [-0.15, -0.1) is 25.6 Å². The number of benzene rings is 9. The largest absolute Gasteiger partial charge is 0.505 e. The van der Waals surface area contributed by atoms with Crippen LogP contribution >= 0.6 is 0 Å². The van der Waals surface area contributed by atoms with Crippen molar-refractivity contribution in [2.45, 2.75) is 16.2 Å². The Bertz CT molecular complexity index is 3990. The average molecular weight is 996 g/mol. The van der Waals surface area contributed by atoms with Gasteiger partial charge in [-0.1, -0.05) is 54.6 Å². The Morgan fingerprint density at radius 3 is 1.59 bits per heavy atom. The van der Waals surface area contributed by atoms with E-state index in [1.807, 2.05) is 48.5 Å². The quantitative estimate of drug-likeness (QED) is 0.0364. The number of para-hydroxylation sites is 1. The number of aromatic hydroxyl groups is 1. The standard InChI is InChI=1S/C49H37N7O11S3/c57-49-37-16-13-33(50-32-7-2-1-3-8-32)26-31(37)11-19-47(49)56-55-46-23-21-44(39-18-15-36(29-42(39)46)70(64,65)66)53-54-45-22-20-43(38-17-14-35(28-41(38)45)69(61,62)63)52-51-34-12-10-30-6-4-9-48(40(30)27-34)67-24-5-25-68(58,59)60/h1-4,6-23,26-29,50,57H,5,24-25H2,(H,58,59,60)(H,61,62,63)(H,64,65,66).